The van der Waals surface area contributed by atoms with Crippen LogP contribution in [0.3, 0.4) is 0 Å². The molecule has 5 heteroatoms. The first-order chi connectivity index (χ1) is 6.22. The number of hydrogen-bond acceptors (Lipinski definition) is 4. The Morgan fingerprint density at radius 3 is 2.92 bits per heavy atom. The van der Waals surface area contributed by atoms with Crippen molar-refractivity contribution in [3.63, 3.8) is 0 Å². The molecule has 0 aromatic carbocycles. The number of carbonyl (C=O) groups is 1. The highest BCUT2D eigenvalue weighted by Gasteiger charge is 2.03. The fraction of sp³-hybridized carbons (Fsp3) is 0.375. The Labute approximate surface area is 79.7 Å². The number of rotatable bonds is 3. The molecule has 1 heterocycles. The lowest BCUT2D eigenvalue weighted by Gasteiger charge is -1.96. The molecular weight excluding hydrogens is 188 g/mol. The van der Waals surface area contributed by atoms with Crippen LogP contribution in [-0.2, 0) is 11.2 Å². The van der Waals surface area contributed by atoms with Crippen LogP contribution in [-0.4, -0.2) is 21.1 Å². The fourth-order valence-electron chi connectivity index (χ4n) is 0.832. The molecule has 0 fully saturated rings. The minimum Gasteiger partial charge on any atom is -0.287 e. The molecule has 0 aliphatic heterocycles. The van der Waals surface area contributed by atoms with Crippen LogP contribution >= 0.6 is 11.8 Å². The van der Waals surface area contributed by atoms with Gasteiger partial charge < -0.3 is 0 Å². The summed E-state index contributed by atoms with van der Waals surface area (Å²) in [5.74, 6) is 0.766. The van der Waals surface area contributed by atoms with E-state index in [1.54, 1.807) is 6.07 Å². The van der Waals surface area contributed by atoms with Gasteiger partial charge in [-0.25, -0.2) is 5.10 Å². The molecule has 4 nitrogen and oxygen atoms in total. The molecule has 1 N–H and O–H groups in total. The summed E-state index contributed by atoms with van der Waals surface area (Å²) in [6.45, 7) is 1.92. The highest BCUT2D eigenvalue weighted by atomic mass is 32.2. The third kappa shape index (κ3) is 3.42. The Bertz CT molecular complexity index is 328. The SMILES string of the molecule is CCSC(=O)Cc1ccc(=O)[nH]n1. The summed E-state index contributed by atoms with van der Waals surface area (Å²) in [5, 5.41) is 6.08. The number of aromatic amines is 1. The molecule has 0 radical (unpaired) electrons. The first-order valence-electron chi connectivity index (χ1n) is 3.92. The van der Waals surface area contributed by atoms with Crippen LogP contribution in [0.4, 0.5) is 0 Å². The van der Waals surface area contributed by atoms with Crippen LogP contribution < -0.4 is 5.56 Å². The van der Waals surface area contributed by atoms with E-state index in [4.69, 9.17) is 0 Å². The lowest BCUT2D eigenvalue weighted by Crippen LogP contribution is -2.09. The van der Waals surface area contributed by atoms with Crippen LogP contribution in [0.15, 0.2) is 16.9 Å². The molecule has 13 heavy (non-hydrogen) atoms. The van der Waals surface area contributed by atoms with Gasteiger partial charge in [-0.2, -0.15) is 5.10 Å². The highest BCUT2D eigenvalue weighted by Crippen LogP contribution is 2.04. The normalized spacial score (nSPS) is 9.92. The van der Waals surface area contributed by atoms with Crippen molar-refractivity contribution in [2.45, 2.75) is 13.3 Å². The van der Waals surface area contributed by atoms with Crippen molar-refractivity contribution < 1.29 is 4.79 Å². The molecule has 0 atom stereocenters. The number of thioether (sulfide) groups is 1. The van der Waals surface area contributed by atoms with Crippen molar-refractivity contribution in [3.8, 4) is 0 Å². The van der Waals surface area contributed by atoms with E-state index in [9.17, 15) is 9.59 Å². The monoisotopic (exact) mass is 198 g/mol. The van der Waals surface area contributed by atoms with Crippen molar-refractivity contribution in [3.05, 3.63) is 28.2 Å². The Balaban J connectivity index is 2.59. The average molecular weight is 198 g/mol. The zero-order chi connectivity index (χ0) is 9.68. The van der Waals surface area contributed by atoms with Crippen molar-refractivity contribution in [1.29, 1.82) is 0 Å². The number of nitrogens with zero attached hydrogens (tertiary/aromatic N) is 1. The summed E-state index contributed by atoms with van der Waals surface area (Å²) in [4.78, 5) is 21.8. The predicted octanol–water partition coefficient (Wildman–Crippen LogP) is 0.592. The third-order valence-electron chi connectivity index (χ3n) is 1.37. The molecule has 0 aliphatic carbocycles. The third-order valence-corrected chi connectivity index (χ3v) is 2.12. The number of aromatic nitrogens is 2. The number of nitrogens with one attached hydrogen (secondary N) is 1. The predicted molar refractivity (Wildman–Crippen MR) is 51.7 cm³/mol. The van der Waals surface area contributed by atoms with Crippen LogP contribution in [0.2, 0.25) is 0 Å². The molecule has 1 aromatic heterocycles. The van der Waals surface area contributed by atoms with Gasteiger partial charge in [0.2, 0.25) is 0 Å². The number of carbonyl (C=O) groups excluding carboxylic acids is 1. The second kappa shape index (κ2) is 4.81. The van der Waals surface area contributed by atoms with Gasteiger partial charge in [0, 0.05) is 6.07 Å². The lowest BCUT2D eigenvalue weighted by atomic mass is 10.3. The summed E-state index contributed by atoms with van der Waals surface area (Å²) >= 11 is 1.26. The van der Waals surface area contributed by atoms with E-state index in [2.05, 4.69) is 10.2 Å². The maximum Gasteiger partial charge on any atom is 0.264 e. The van der Waals surface area contributed by atoms with Gasteiger partial charge in [-0.1, -0.05) is 18.7 Å². The van der Waals surface area contributed by atoms with Gasteiger partial charge in [0.25, 0.3) is 5.56 Å². The van der Waals surface area contributed by atoms with Gasteiger partial charge in [0.05, 0.1) is 12.1 Å². The van der Waals surface area contributed by atoms with Gasteiger partial charge in [-0.05, 0) is 11.8 Å². The van der Waals surface area contributed by atoms with E-state index < -0.39 is 0 Å². The first-order valence-corrected chi connectivity index (χ1v) is 4.91. The van der Waals surface area contributed by atoms with Gasteiger partial charge >= 0.3 is 0 Å². The minimum atomic E-state index is -0.251. The largest absolute Gasteiger partial charge is 0.287 e. The molecule has 0 spiro atoms. The van der Waals surface area contributed by atoms with E-state index >= 15 is 0 Å². The summed E-state index contributed by atoms with van der Waals surface area (Å²) < 4.78 is 0. The molecule has 0 saturated carbocycles. The Morgan fingerprint density at radius 1 is 1.62 bits per heavy atom. The molecule has 1 aromatic rings. The smallest absolute Gasteiger partial charge is 0.264 e. The van der Waals surface area contributed by atoms with Gasteiger partial charge in [-0.15, -0.1) is 0 Å². The number of H-pyrrole nitrogens is 1. The molecule has 0 saturated heterocycles. The first kappa shape index (κ1) is 9.98. The molecular formula is C8H10N2O2S. The van der Waals surface area contributed by atoms with Crippen LogP contribution in [0.1, 0.15) is 12.6 Å². The minimum absolute atomic E-state index is 0.0713. The molecule has 0 amide bonds. The maximum atomic E-state index is 11.1. The van der Waals surface area contributed by atoms with Crippen LogP contribution in [0, 0.1) is 0 Å². The van der Waals surface area contributed by atoms with E-state index in [1.165, 1.54) is 17.8 Å². The second-order valence-corrected chi connectivity index (χ2v) is 3.72. The zero-order valence-corrected chi connectivity index (χ0v) is 8.06. The maximum absolute atomic E-state index is 11.1. The Hall–Kier alpha value is -1.10. The molecule has 0 bridgehead atoms. The Morgan fingerprint density at radius 2 is 2.38 bits per heavy atom. The van der Waals surface area contributed by atoms with Crippen molar-refractivity contribution in [2.75, 3.05) is 5.75 Å². The van der Waals surface area contributed by atoms with E-state index in [0.29, 0.717) is 5.69 Å². The lowest BCUT2D eigenvalue weighted by molar-refractivity contribution is -0.110. The summed E-state index contributed by atoms with van der Waals surface area (Å²) in [5.41, 5.74) is 0.352. The Kier molecular flexibility index (Phi) is 3.70. The summed E-state index contributed by atoms with van der Waals surface area (Å²) in [6, 6.07) is 2.93. The molecule has 70 valence electrons. The summed E-state index contributed by atoms with van der Waals surface area (Å²) in [7, 11) is 0. The highest BCUT2D eigenvalue weighted by molar-refractivity contribution is 8.13. The fourth-order valence-corrected chi connectivity index (χ4v) is 1.40. The van der Waals surface area contributed by atoms with E-state index in [1.807, 2.05) is 6.92 Å². The average Bonchev–Trinajstić information content (AvgIpc) is 2.09. The number of hydrogen-bond donors (Lipinski definition) is 1. The molecule has 0 aliphatic rings. The zero-order valence-electron chi connectivity index (χ0n) is 7.24. The second-order valence-electron chi connectivity index (χ2n) is 2.39. The van der Waals surface area contributed by atoms with Crippen molar-refractivity contribution in [2.24, 2.45) is 0 Å². The van der Waals surface area contributed by atoms with E-state index in [0.717, 1.165) is 5.75 Å². The summed E-state index contributed by atoms with van der Waals surface area (Å²) in [6.07, 6.45) is 0.273. The van der Waals surface area contributed by atoms with Crippen LogP contribution in [0.5, 0.6) is 0 Å². The standard InChI is InChI=1S/C8H10N2O2S/c1-2-13-8(12)5-6-3-4-7(11)10-9-6/h3-4H,2,5H2,1H3,(H,10,11). The van der Waals surface area contributed by atoms with E-state index in [-0.39, 0.29) is 17.1 Å². The van der Waals surface area contributed by atoms with Crippen molar-refractivity contribution >= 4 is 16.9 Å². The molecule has 0 unspecified atom stereocenters. The quantitative estimate of drug-likeness (QED) is 0.772. The molecule has 1 rings (SSSR count). The van der Waals surface area contributed by atoms with Gasteiger partial charge in [-0.3, -0.25) is 9.59 Å². The van der Waals surface area contributed by atoms with Crippen LogP contribution in [0.25, 0.3) is 0 Å². The topological polar surface area (TPSA) is 62.8 Å². The van der Waals surface area contributed by atoms with Gasteiger partial charge in [0.1, 0.15) is 0 Å². The van der Waals surface area contributed by atoms with Gasteiger partial charge in [0.15, 0.2) is 5.12 Å². The van der Waals surface area contributed by atoms with Crippen molar-refractivity contribution in [1.82, 2.24) is 10.2 Å².